The summed E-state index contributed by atoms with van der Waals surface area (Å²) in [7, 11) is 0. The van der Waals surface area contributed by atoms with Gasteiger partial charge in [0.15, 0.2) is 0 Å². The third-order valence-electron chi connectivity index (χ3n) is 12.1. The monoisotopic (exact) mass is 822 g/mol. The van der Waals surface area contributed by atoms with Crippen molar-refractivity contribution in [1.29, 1.82) is 0 Å². The van der Waals surface area contributed by atoms with Crippen molar-refractivity contribution in [3.8, 4) is 55.1 Å². The van der Waals surface area contributed by atoms with Gasteiger partial charge in [-0.1, -0.05) is 164 Å². The summed E-state index contributed by atoms with van der Waals surface area (Å²) in [6.45, 7) is 0. The van der Waals surface area contributed by atoms with Crippen LogP contribution in [0.25, 0.3) is 98.0 Å². The Bertz CT molecular complexity index is 3590. The largest absolute Gasteiger partial charge is 0.456 e. The molecule has 0 spiro atoms. The molecule has 0 aliphatic rings. The Balaban J connectivity index is 0.967. The van der Waals surface area contributed by atoms with Gasteiger partial charge in [-0.25, -0.2) is 4.98 Å². The van der Waals surface area contributed by atoms with Crippen LogP contribution in [0.15, 0.2) is 235 Å². The van der Waals surface area contributed by atoms with E-state index in [1.165, 1.54) is 44.2 Å². The van der Waals surface area contributed by atoms with E-state index in [-0.39, 0.29) is 0 Å². The van der Waals surface area contributed by atoms with E-state index >= 15 is 0 Å². The molecule has 12 aromatic rings. The van der Waals surface area contributed by atoms with Gasteiger partial charge in [0.2, 0.25) is 0 Å². The van der Waals surface area contributed by atoms with Gasteiger partial charge in [0, 0.05) is 33.4 Å². The molecule has 0 aliphatic carbocycles. The lowest BCUT2D eigenvalue weighted by Gasteiger charge is -2.27. The number of benzene rings is 10. The Labute approximate surface area is 369 Å². The molecule has 10 aromatic carbocycles. The molecule has 0 saturated heterocycles. The highest BCUT2D eigenvalue weighted by Crippen LogP contribution is 2.44. The summed E-state index contributed by atoms with van der Waals surface area (Å²) in [5, 5.41) is 5.69. The molecule has 0 bridgehead atoms. The Morgan fingerprint density at radius 1 is 0.365 bits per heavy atom. The Hall–Kier alpha value is -8.05. The van der Waals surface area contributed by atoms with Crippen LogP contribution in [0, 0.1) is 0 Å². The van der Waals surface area contributed by atoms with Gasteiger partial charge in [0.25, 0.3) is 0 Å². The van der Waals surface area contributed by atoms with Gasteiger partial charge in [0.1, 0.15) is 16.2 Å². The molecule has 2 heterocycles. The van der Waals surface area contributed by atoms with Crippen LogP contribution in [0.4, 0.5) is 17.1 Å². The number of rotatable bonds is 8. The summed E-state index contributed by atoms with van der Waals surface area (Å²) < 4.78 is 7.57. The second kappa shape index (κ2) is 15.4. The lowest BCUT2D eigenvalue weighted by atomic mass is 9.92. The molecule has 0 amide bonds. The van der Waals surface area contributed by atoms with Gasteiger partial charge in [0.05, 0.1) is 10.2 Å². The van der Waals surface area contributed by atoms with Gasteiger partial charge >= 0.3 is 0 Å². The lowest BCUT2D eigenvalue weighted by molar-refractivity contribution is 0.669. The third-order valence-corrected chi connectivity index (χ3v) is 13.2. The van der Waals surface area contributed by atoms with E-state index in [0.717, 1.165) is 70.9 Å². The van der Waals surface area contributed by atoms with Crippen LogP contribution in [0.2, 0.25) is 0 Å². The quantitative estimate of drug-likeness (QED) is 0.153. The SMILES string of the molecule is c1ccc(-c2ccc(N(c3ccc(-c4ccc5oc6ccc7nc(-c8ccccc8)sc7c6c5c4)cc3)c3ccc(-c4ccc5ccccc5c4)c(-c4ccccc4)c3)cc2)cc1. The number of anilines is 3. The van der Waals surface area contributed by atoms with E-state index in [1.54, 1.807) is 11.3 Å². The first-order valence-electron chi connectivity index (χ1n) is 21.3. The van der Waals surface area contributed by atoms with E-state index in [4.69, 9.17) is 9.40 Å². The fourth-order valence-electron chi connectivity index (χ4n) is 8.95. The highest BCUT2D eigenvalue weighted by molar-refractivity contribution is 7.22. The third kappa shape index (κ3) is 6.74. The fourth-order valence-corrected chi connectivity index (χ4v) is 10.1. The van der Waals surface area contributed by atoms with E-state index in [9.17, 15) is 0 Å². The van der Waals surface area contributed by atoms with Crippen LogP contribution in [0.5, 0.6) is 0 Å². The molecule has 296 valence electrons. The zero-order valence-corrected chi connectivity index (χ0v) is 35.0. The fraction of sp³-hybridized carbons (Fsp3) is 0. The Morgan fingerprint density at radius 3 is 1.63 bits per heavy atom. The van der Waals surface area contributed by atoms with E-state index in [2.05, 4.69) is 229 Å². The topological polar surface area (TPSA) is 29.3 Å². The van der Waals surface area contributed by atoms with Crippen LogP contribution in [0.3, 0.4) is 0 Å². The Morgan fingerprint density at radius 2 is 0.921 bits per heavy atom. The summed E-state index contributed by atoms with van der Waals surface area (Å²) in [4.78, 5) is 7.39. The molecule has 0 saturated carbocycles. The summed E-state index contributed by atoms with van der Waals surface area (Å²) in [5.41, 5.74) is 16.5. The maximum atomic E-state index is 6.42. The van der Waals surface area contributed by atoms with Gasteiger partial charge < -0.3 is 9.32 Å². The molecule has 63 heavy (non-hydrogen) atoms. The van der Waals surface area contributed by atoms with Gasteiger partial charge in [-0.05, 0) is 122 Å². The molecule has 0 radical (unpaired) electrons. The molecule has 0 aliphatic heterocycles. The van der Waals surface area contributed by atoms with Crippen molar-refractivity contribution in [3.63, 3.8) is 0 Å². The maximum absolute atomic E-state index is 6.42. The number of fused-ring (bicyclic) bond motifs is 6. The van der Waals surface area contributed by atoms with Crippen LogP contribution in [-0.4, -0.2) is 4.98 Å². The first kappa shape index (κ1) is 36.8. The van der Waals surface area contributed by atoms with Crippen molar-refractivity contribution < 1.29 is 4.42 Å². The molecule has 0 atom stereocenters. The maximum Gasteiger partial charge on any atom is 0.137 e. The molecular formula is C59H38N2OS. The summed E-state index contributed by atoms with van der Waals surface area (Å²) in [5.74, 6) is 0. The lowest BCUT2D eigenvalue weighted by Crippen LogP contribution is -2.10. The van der Waals surface area contributed by atoms with Gasteiger partial charge in [-0.3, -0.25) is 0 Å². The average molecular weight is 823 g/mol. The summed E-state index contributed by atoms with van der Waals surface area (Å²) in [6, 6.07) is 82.5. The predicted molar refractivity (Wildman–Crippen MR) is 266 cm³/mol. The summed E-state index contributed by atoms with van der Waals surface area (Å²) >= 11 is 1.72. The second-order valence-corrected chi connectivity index (χ2v) is 16.9. The van der Waals surface area contributed by atoms with Crippen molar-refractivity contribution in [3.05, 3.63) is 231 Å². The predicted octanol–water partition coefficient (Wildman–Crippen LogP) is 17.2. The van der Waals surface area contributed by atoms with Crippen LogP contribution in [0.1, 0.15) is 0 Å². The van der Waals surface area contributed by atoms with Crippen molar-refractivity contribution in [2.75, 3.05) is 4.90 Å². The standard InChI is InChI=1S/C59H38N2OS/c1-4-12-39(13-5-1)41-22-27-48(28-23-41)61(50-31-32-51(52(38-50)43-15-6-2-7-16-43)47-21-20-40-14-10-11-19-45(40)36-47)49-29-24-42(25-30-49)46-26-34-55-53(37-46)57-56(62-55)35-33-54-58(57)63-59(60-54)44-17-8-3-9-18-44/h1-38H. The molecule has 12 rings (SSSR count). The zero-order valence-electron chi connectivity index (χ0n) is 34.2. The van der Waals surface area contributed by atoms with E-state index < -0.39 is 0 Å². The molecule has 0 fully saturated rings. The van der Waals surface area contributed by atoms with Crippen molar-refractivity contribution in [2.45, 2.75) is 0 Å². The zero-order chi connectivity index (χ0) is 41.7. The van der Waals surface area contributed by atoms with Crippen molar-refractivity contribution in [1.82, 2.24) is 4.98 Å². The highest BCUT2D eigenvalue weighted by Gasteiger charge is 2.19. The summed E-state index contributed by atoms with van der Waals surface area (Å²) in [6.07, 6.45) is 0. The first-order chi connectivity index (χ1) is 31.2. The van der Waals surface area contributed by atoms with Crippen LogP contribution < -0.4 is 4.90 Å². The molecular weight excluding hydrogens is 785 g/mol. The minimum absolute atomic E-state index is 0.874. The van der Waals surface area contributed by atoms with E-state index in [1.807, 2.05) is 6.07 Å². The van der Waals surface area contributed by atoms with E-state index in [0.29, 0.717) is 0 Å². The molecule has 0 unspecified atom stereocenters. The highest BCUT2D eigenvalue weighted by atomic mass is 32.1. The van der Waals surface area contributed by atoms with Crippen molar-refractivity contribution in [2.24, 2.45) is 0 Å². The second-order valence-electron chi connectivity index (χ2n) is 15.9. The smallest absolute Gasteiger partial charge is 0.137 e. The minimum Gasteiger partial charge on any atom is -0.456 e. The number of hydrogen-bond acceptors (Lipinski definition) is 4. The van der Waals surface area contributed by atoms with Crippen molar-refractivity contribution >= 4 is 71.3 Å². The number of thiazole rings is 1. The average Bonchev–Trinajstić information content (AvgIpc) is 3.97. The molecule has 4 heteroatoms. The number of aromatic nitrogens is 1. The number of hydrogen-bond donors (Lipinski definition) is 0. The van der Waals surface area contributed by atoms with Gasteiger partial charge in [-0.15, -0.1) is 11.3 Å². The molecule has 0 N–H and O–H groups in total. The van der Waals surface area contributed by atoms with Crippen LogP contribution >= 0.6 is 11.3 Å². The number of nitrogens with zero attached hydrogens (tertiary/aromatic N) is 2. The molecule has 3 nitrogen and oxygen atoms in total. The first-order valence-corrected chi connectivity index (χ1v) is 22.1. The Kier molecular flexibility index (Phi) is 9.02. The number of furan rings is 1. The minimum atomic E-state index is 0.874. The van der Waals surface area contributed by atoms with Crippen LogP contribution in [-0.2, 0) is 0 Å². The van der Waals surface area contributed by atoms with Gasteiger partial charge in [-0.2, -0.15) is 0 Å². The molecule has 2 aromatic heterocycles. The normalized spacial score (nSPS) is 11.5.